The predicted molar refractivity (Wildman–Crippen MR) is 113 cm³/mol. The normalized spacial score (nSPS) is 9.83. The molecule has 0 heteroatoms. The third-order valence-electron chi connectivity index (χ3n) is 3.39. The van der Waals surface area contributed by atoms with Crippen LogP contribution in [0, 0.1) is 5.92 Å². The highest BCUT2D eigenvalue weighted by Crippen LogP contribution is 2.33. The molecule has 24 heavy (non-hydrogen) atoms. The summed E-state index contributed by atoms with van der Waals surface area (Å²) in [5.41, 5.74) is 0. The monoisotopic (exact) mass is 320 g/mol. The average Bonchev–Trinajstić information content (AvgIpc) is 2.63. The van der Waals surface area contributed by atoms with Crippen molar-refractivity contribution < 1.29 is 0 Å². The molecule has 0 atom stereocenters. The molecule has 0 fully saturated rings. The SMILES string of the molecule is CC.CC.CC(C)C.c1cc2ccc3cccc4ccc(c1)c2c34. The number of benzene rings is 4. The van der Waals surface area contributed by atoms with Gasteiger partial charge in [0.1, 0.15) is 0 Å². The number of hydrogen-bond donors (Lipinski definition) is 0. The van der Waals surface area contributed by atoms with Crippen LogP contribution in [0.1, 0.15) is 48.5 Å². The molecule has 0 saturated carbocycles. The van der Waals surface area contributed by atoms with Gasteiger partial charge < -0.3 is 0 Å². The van der Waals surface area contributed by atoms with Gasteiger partial charge in [-0.15, -0.1) is 0 Å². The summed E-state index contributed by atoms with van der Waals surface area (Å²) < 4.78 is 0. The van der Waals surface area contributed by atoms with Gasteiger partial charge in [-0.05, 0) is 38.2 Å². The summed E-state index contributed by atoms with van der Waals surface area (Å²) in [5, 5.41) is 8.14. The molecule has 0 N–H and O–H groups in total. The molecular formula is C24H32. The molecule has 0 heterocycles. The fourth-order valence-corrected chi connectivity index (χ4v) is 2.67. The lowest BCUT2D eigenvalue weighted by atomic mass is 9.95. The summed E-state index contributed by atoms with van der Waals surface area (Å²) >= 11 is 0. The third kappa shape index (κ3) is 4.47. The second-order valence-electron chi connectivity index (χ2n) is 6.02. The van der Waals surface area contributed by atoms with Crippen molar-refractivity contribution in [3.63, 3.8) is 0 Å². The molecule has 0 aliphatic heterocycles. The Morgan fingerprint density at radius 1 is 0.458 bits per heavy atom. The standard InChI is InChI=1S/C16H10.C4H10.2C2H6/c1-3-11-7-9-13-5-2-6-14-10-8-12(4-1)15(11)16(13)14;1-4(2)3;2*1-2/h1-10H;4H,1-3H3;2*1-2H3. The zero-order chi connectivity index (χ0) is 18.1. The molecule has 0 aliphatic carbocycles. The van der Waals surface area contributed by atoms with Crippen molar-refractivity contribution in [1.82, 2.24) is 0 Å². The Morgan fingerprint density at radius 2 is 0.667 bits per heavy atom. The first kappa shape index (κ1) is 20.0. The van der Waals surface area contributed by atoms with E-state index in [-0.39, 0.29) is 0 Å². The van der Waals surface area contributed by atoms with Gasteiger partial charge in [-0.1, -0.05) is 109 Å². The summed E-state index contributed by atoms with van der Waals surface area (Å²) in [4.78, 5) is 0. The van der Waals surface area contributed by atoms with Gasteiger partial charge >= 0.3 is 0 Å². The fraction of sp³-hybridized carbons (Fsp3) is 0.333. The van der Waals surface area contributed by atoms with E-state index in [1.807, 2.05) is 27.7 Å². The van der Waals surface area contributed by atoms with Gasteiger partial charge in [0.25, 0.3) is 0 Å². The van der Waals surface area contributed by atoms with Crippen LogP contribution in [0.2, 0.25) is 0 Å². The Labute approximate surface area is 147 Å². The van der Waals surface area contributed by atoms with Gasteiger partial charge in [-0.25, -0.2) is 0 Å². The van der Waals surface area contributed by atoms with Crippen LogP contribution in [-0.4, -0.2) is 0 Å². The van der Waals surface area contributed by atoms with E-state index in [9.17, 15) is 0 Å². The zero-order valence-electron chi connectivity index (χ0n) is 16.4. The largest absolute Gasteiger partial charge is 0.0683 e. The van der Waals surface area contributed by atoms with Crippen molar-refractivity contribution >= 4 is 32.3 Å². The minimum Gasteiger partial charge on any atom is -0.0683 e. The lowest BCUT2D eigenvalue weighted by Crippen LogP contribution is -1.82. The van der Waals surface area contributed by atoms with Crippen LogP contribution >= 0.6 is 0 Å². The Hall–Kier alpha value is -2.08. The molecule has 0 radical (unpaired) electrons. The summed E-state index contributed by atoms with van der Waals surface area (Å²) in [6.45, 7) is 14.5. The van der Waals surface area contributed by atoms with Gasteiger partial charge in [0.15, 0.2) is 0 Å². The first-order valence-electron chi connectivity index (χ1n) is 9.29. The molecule has 4 rings (SSSR count). The third-order valence-corrected chi connectivity index (χ3v) is 3.39. The number of hydrogen-bond acceptors (Lipinski definition) is 0. The van der Waals surface area contributed by atoms with Gasteiger partial charge in [0.05, 0.1) is 0 Å². The molecule has 0 amide bonds. The smallest absolute Gasteiger partial charge is 0.00268 e. The highest BCUT2D eigenvalue weighted by atomic mass is 14.1. The molecule has 0 aromatic heterocycles. The lowest BCUT2D eigenvalue weighted by Gasteiger charge is -2.09. The molecular weight excluding hydrogens is 288 g/mol. The van der Waals surface area contributed by atoms with Crippen molar-refractivity contribution in [2.75, 3.05) is 0 Å². The molecule has 0 saturated heterocycles. The molecule has 0 spiro atoms. The average molecular weight is 321 g/mol. The molecule has 0 unspecified atom stereocenters. The molecule has 0 bridgehead atoms. The van der Waals surface area contributed by atoms with Crippen molar-refractivity contribution in [3.05, 3.63) is 60.7 Å². The fourth-order valence-electron chi connectivity index (χ4n) is 2.67. The van der Waals surface area contributed by atoms with Crippen LogP contribution in [0.5, 0.6) is 0 Å². The minimum atomic E-state index is 0.833. The maximum absolute atomic E-state index is 2.21. The van der Waals surface area contributed by atoms with E-state index in [4.69, 9.17) is 0 Å². The van der Waals surface area contributed by atoms with Crippen molar-refractivity contribution in [3.8, 4) is 0 Å². The summed E-state index contributed by atoms with van der Waals surface area (Å²) in [5.74, 6) is 0.833. The highest BCUT2D eigenvalue weighted by molar-refractivity contribution is 6.22. The Bertz CT molecular complexity index is 707. The van der Waals surface area contributed by atoms with Crippen LogP contribution in [0.15, 0.2) is 60.7 Å². The second kappa shape index (κ2) is 9.93. The van der Waals surface area contributed by atoms with E-state index in [2.05, 4.69) is 81.4 Å². The van der Waals surface area contributed by atoms with Gasteiger partial charge in [-0.2, -0.15) is 0 Å². The minimum absolute atomic E-state index is 0.833. The first-order valence-corrected chi connectivity index (χ1v) is 9.29. The van der Waals surface area contributed by atoms with Crippen molar-refractivity contribution in [2.24, 2.45) is 5.92 Å². The van der Waals surface area contributed by atoms with Crippen molar-refractivity contribution in [2.45, 2.75) is 48.5 Å². The lowest BCUT2D eigenvalue weighted by molar-refractivity contribution is 0.737. The highest BCUT2D eigenvalue weighted by Gasteiger charge is 2.05. The quantitative estimate of drug-likeness (QED) is 0.286. The van der Waals surface area contributed by atoms with E-state index >= 15 is 0 Å². The first-order chi connectivity index (χ1) is 11.7. The summed E-state index contributed by atoms with van der Waals surface area (Å²) in [6, 6.07) is 21.9. The number of rotatable bonds is 0. The van der Waals surface area contributed by atoms with Crippen molar-refractivity contribution in [1.29, 1.82) is 0 Å². The van der Waals surface area contributed by atoms with E-state index in [0.29, 0.717) is 0 Å². The summed E-state index contributed by atoms with van der Waals surface area (Å²) in [6.07, 6.45) is 0. The predicted octanol–water partition coefficient (Wildman–Crippen LogP) is 8.30. The maximum Gasteiger partial charge on any atom is -0.00268 e. The summed E-state index contributed by atoms with van der Waals surface area (Å²) in [7, 11) is 0. The maximum atomic E-state index is 2.21. The van der Waals surface area contributed by atoms with E-state index in [1.165, 1.54) is 32.3 Å². The van der Waals surface area contributed by atoms with E-state index in [1.54, 1.807) is 0 Å². The van der Waals surface area contributed by atoms with Gasteiger partial charge in [0.2, 0.25) is 0 Å². The molecule has 4 aromatic rings. The second-order valence-corrected chi connectivity index (χ2v) is 6.02. The topological polar surface area (TPSA) is 0 Å². The van der Waals surface area contributed by atoms with Crippen LogP contribution in [-0.2, 0) is 0 Å². The van der Waals surface area contributed by atoms with Crippen LogP contribution in [0.3, 0.4) is 0 Å². The molecule has 4 aromatic carbocycles. The Morgan fingerprint density at radius 3 is 0.875 bits per heavy atom. The van der Waals surface area contributed by atoms with Crippen LogP contribution in [0.4, 0.5) is 0 Å². The van der Waals surface area contributed by atoms with Crippen LogP contribution < -0.4 is 0 Å². The van der Waals surface area contributed by atoms with E-state index in [0.717, 1.165) is 5.92 Å². The Kier molecular flexibility index (Phi) is 8.26. The molecule has 0 aliphatic rings. The Balaban J connectivity index is 0.000000314. The molecule has 128 valence electrons. The van der Waals surface area contributed by atoms with Crippen LogP contribution in [0.25, 0.3) is 32.3 Å². The van der Waals surface area contributed by atoms with Gasteiger partial charge in [0, 0.05) is 0 Å². The molecule has 0 nitrogen and oxygen atoms in total. The van der Waals surface area contributed by atoms with Gasteiger partial charge in [-0.3, -0.25) is 0 Å². The van der Waals surface area contributed by atoms with E-state index < -0.39 is 0 Å². The zero-order valence-corrected chi connectivity index (χ0v) is 16.4.